The van der Waals surface area contributed by atoms with E-state index in [0.717, 1.165) is 44.9 Å². The number of phosphoric ester groups is 1. The van der Waals surface area contributed by atoms with Crippen LogP contribution in [0.1, 0.15) is 258 Å². The summed E-state index contributed by atoms with van der Waals surface area (Å²) in [6, 6.07) is -1.53. The van der Waals surface area contributed by atoms with E-state index >= 15 is 0 Å². The molecule has 11 nitrogen and oxygen atoms in total. The minimum absolute atomic E-state index is 0.115. The molecule has 0 bridgehead atoms. The predicted molar refractivity (Wildman–Crippen MR) is 272 cm³/mol. The Bertz CT molecular complexity index is 1260. The van der Waals surface area contributed by atoms with E-state index in [1.54, 1.807) is 0 Å². The highest BCUT2D eigenvalue weighted by molar-refractivity contribution is 7.47. The predicted octanol–water partition coefficient (Wildman–Crippen LogP) is 15.5. The molecule has 386 valence electrons. The van der Waals surface area contributed by atoms with Gasteiger partial charge in [0.05, 0.1) is 13.2 Å². The number of hydrogen-bond acceptors (Lipinski definition) is 9. The fourth-order valence-corrected chi connectivity index (χ4v) is 8.41. The van der Waals surface area contributed by atoms with Crippen molar-refractivity contribution < 1.29 is 47.5 Å². The number of rotatable bonds is 51. The molecule has 0 radical (unpaired) electrons. The third-order valence-electron chi connectivity index (χ3n) is 11.9. The van der Waals surface area contributed by atoms with E-state index in [1.165, 1.54) is 167 Å². The van der Waals surface area contributed by atoms with Gasteiger partial charge in [0.2, 0.25) is 0 Å². The van der Waals surface area contributed by atoms with Crippen LogP contribution >= 0.6 is 7.82 Å². The molecule has 0 fully saturated rings. The Hall–Kier alpha value is -2.30. The minimum atomic E-state index is -4.73. The Morgan fingerprint density at radius 3 is 1.27 bits per heavy atom. The van der Waals surface area contributed by atoms with Crippen LogP contribution in [0.5, 0.6) is 0 Å². The lowest BCUT2D eigenvalue weighted by Crippen LogP contribution is -2.34. The zero-order chi connectivity index (χ0) is 48.4. The van der Waals surface area contributed by atoms with Crippen molar-refractivity contribution >= 4 is 25.7 Å². The number of esters is 2. The van der Waals surface area contributed by atoms with Gasteiger partial charge in [-0.1, -0.05) is 217 Å². The summed E-state index contributed by atoms with van der Waals surface area (Å²) in [5, 5.41) is 8.93. The van der Waals surface area contributed by atoms with Gasteiger partial charge in [0, 0.05) is 12.8 Å². The van der Waals surface area contributed by atoms with Gasteiger partial charge in [-0.25, -0.2) is 4.57 Å². The molecule has 0 heterocycles. The quantitative estimate of drug-likeness (QED) is 0.0229. The maximum absolute atomic E-state index is 12.7. The van der Waals surface area contributed by atoms with Gasteiger partial charge in [-0.05, 0) is 64.2 Å². The second-order valence-corrected chi connectivity index (χ2v) is 19.8. The molecule has 0 aromatic heterocycles. The van der Waals surface area contributed by atoms with Gasteiger partial charge in [0.15, 0.2) is 6.10 Å². The summed E-state index contributed by atoms with van der Waals surface area (Å²) < 4.78 is 32.9. The highest BCUT2D eigenvalue weighted by atomic mass is 31.2. The molecule has 4 N–H and O–H groups in total. The number of carboxylic acids is 1. The Morgan fingerprint density at radius 1 is 0.470 bits per heavy atom. The van der Waals surface area contributed by atoms with Crippen LogP contribution in [0, 0.1) is 0 Å². The molecule has 0 amide bonds. The molecule has 0 saturated carbocycles. The fraction of sp³-hybridized carbons (Fsp3) is 0.833. The molecule has 0 saturated heterocycles. The third-order valence-corrected chi connectivity index (χ3v) is 12.8. The fourth-order valence-electron chi connectivity index (χ4n) is 7.63. The van der Waals surface area contributed by atoms with Crippen molar-refractivity contribution in [3.63, 3.8) is 0 Å². The average molecular weight is 954 g/mol. The highest BCUT2D eigenvalue weighted by Gasteiger charge is 2.28. The number of carboxylic acid groups (broad SMARTS) is 1. The first-order valence-corrected chi connectivity index (χ1v) is 28.5. The number of ether oxygens (including phenoxy) is 2. The Labute approximate surface area is 403 Å². The second kappa shape index (κ2) is 49.1. The van der Waals surface area contributed by atoms with Crippen LogP contribution in [0.3, 0.4) is 0 Å². The Kier molecular flexibility index (Phi) is 47.4. The summed E-state index contributed by atoms with van der Waals surface area (Å²) >= 11 is 0. The number of carbonyl (C=O) groups is 3. The molecule has 0 aromatic rings. The number of allylic oxidation sites excluding steroid dienone is 6. The molecular formula is C54H100NO10P. The maximum Gasteiger partial charge on any atom is 0.472 e. The summed E-state index contributed by atoms with van der Waals surface area (Å²) in [4.78, 5) is 46.2. The summed E-state index contributed by atoms with van der Waals surface area (Å²) in [5.74, 6) is -2.41. The second-order valence-electron chi connectivity index (χ2n) is 18.4. The van der Waals surface area contributed by atoms with Gasteiger partial charge < -0.3 is 25.2 Å². The molecular weight excluding hydrogens is 854 g/mol. The van der Waals surface area contributed by atoms with Gasteiger partial charge >= 0.3 is 25.7 Å². The van der Waals surface area contributed by atoms with E-state index in [1.807, 2.05) is 0 Å². The van der Waals surface area contributed by atoms with Gasteiger partial charge in [0.25, 0.3) is 0 Å². The molecule has 12 heteroatoms. The zero-order valence-electron chi connectivity index (χ0n) is 42.3. The summed E-state index contributed by atoms with van der Waals surface area (Å²) in [6.07, 6.45) is 56.5. The van der Waals surface area contributed by atoms with Gasteiger partial charge in [0.1, 0.15) is 12.6 Å². The number of hydrogen-bond donors (Lipinski definition) is 3. The van der Waals surface area contributed by atoms with Crippen molar-refractivity contribution in [3.05, 3.63) is 36.5 Å². The maximum atomic E-state index is 12.7. The van der Waals surface area contributed by atoms with E-state index in [4.69, 9.17) is 24.8 Å². The molecule has 3 atom stereocenters. The number of phosphoric acid groups is 1. The molecule has 66 heavy (non-hydrogen) atoms. The Morgan fingerprint density at radius 2 is 0.818 bits per heavy atom. The van der Waals surface area contributed by atoms with Crippen LogP contribution in [-0.4, -0.2) is 59.9 Å². The molecule has 0 rings (SSSR count). The number of unbranched alkanes of at least 4 members (excludes halogenated alkanes) is 31. The molecule has 0 aromatic carbocycles. The van der Waals surface area contributed by atoms with Gasteiger partial charge in [-0.3, -0.25) is 23.4 Å². The lowest BCUT2D eigenvalue weighted by molar-refractivity contribution is -0.161. The van der Waals surface area contributed by atoms with Crippen molar-refractivity contribution in [1.29, 1.82) is 0 Å². The largest absolute Gasteiger partial charge is 0.480 e. The summed E-state index contributed by atoms with van der Waals surface area (Å²) in [5.41, 5.74) is 5.36. The number of nitrogens with two attached hydrogens (primary N) is 1. The Balaban J connectivity index is 4.22. The van der Waals surface area contributed by atoms with Gasteiger partial charge in [-0.15, -0.1) is 0 Å². The van der Waals surface area contributed by atoms with Crippen LogP contribution < -0.4 is 5.73 Å². The first-order chi connectivity index (χ1) is 32.1. The smallest absolute Gasteiger partial charge is 0.472 e. The van der Waals surface area contributed by atoms with Crippen LogP contribution in [0.15, 0.2) is 36.5 Å². The third kappa shape index (κ3) is 48.2. The van der Waals surface area contributed by atoms with Crippen LogP contribution in [0.4, 0.5) is 0 Å². The highest BCUT2D eigenvalue weighted by Crippen LogP contribution is 2.43. The lowest BCUT2D eigenvalue weighted by atomic mass is 10.0. The van der Waals surface area contributed by atoms with E-state index in [-0.39, 0.29) is 19.4 Å². The SMILES string of the molecule is CCCCC/C=C/C/C=C/CCCCCCCCCCCC(=O)OC[C@H](COP(=O)(O)OC[C@H](N)C(=O)O)OC(=O)CCC/C=C/CCCCCCCCCCCCCCCCCCCC. The normalized spacial score (nSPS) is 13.8. The van der Waals surface area contributed by atoms with Crippen molar-refractivity contribution in [1.82, 2.24) is 0 Å². The van der Waals surface area contributed by atoms with Crippen molar-refractivity contribution in [2.75, 3.05) is 19.8 Å². The standard InChI is InChI=1S/C54H100NO10P/c1-3-5-7-9-11-13-15-17-19-21-23-24-25-26-28-30-32-34-36-38-40-42-44-46-53(57)65-50(48-63-66(60,61)64-49-51(55)54(58)59)47-62-52(56)45-43-41-39-37-35-33-31-29-27-22-20-18-16-14-12-10-8-6-4-2/h12,14,18,20,38,40,50-51H,3-11,13,15-17,19,21-37,39,41-49,55H2,1-2H3,(H,58,59)(H,60,61)/b14-12+,20-18+,40-38+/t50-,51+/m1/s1. The number of aliphatic carboxylic acids is 1. The molecule has 1 unspecified atom stereocenters. The van der Waals surface area contributed by atoms with Crippen LogP contribution in [-0.2, 0) is 37.5 Å². The van der Waals surface area contributed by atoms with Crippen molar-refractivity contribution in [3.8, 4) is 0 Å². The lowest BCUT2D eigenvalue weighted by Gasteiger charge is -2.20. The first kappa shape index (κ1) is 63.7. The summed E-state index contributed by atoms with van der Waals surface area (Å²) in [6.45, 7) is 2.80. The molecule has 0 spiro atoms. The minimum Gasteiger partial charge on any atom is -0.480 e. The van der Waals surface area contributed by atoms with E-state index in [9.17, 15) is 23.8 Å². The van der Waals surface area contributed by atoms with E-state index in [0.29, 0.717) is 19.3 Å². The van der Waals surface area contributed by atoms with Crippen LogP contribution in [0.25, 0.3) is 0 Å². The number of carbonyl (C=O) groups excluding carboxylic acids is 2. The van der Waals surface area contributed by atoms with Gasteiger partial charge in [-0.2, -0.15) is 0 Å². The molecule has 0 aliphatic rings. The first-order valence-electron chi connectivity index (χ1n) is 27.0. The molecule has 0 aliphatic carbocycles. The van der Waals surface area contributed by atoms with E-state index in [2.05, 4.69) is 54.8 Å². The van der Waals surface area contributed by atoms with Crippen molar-refractivity contribution in [2.24, 2.45) is 5.73 Å². The van der Waals surface area contributed by atoms with E-state index < -0.39 is 51.1 Å². The molecule has 0 aliphatic heterocycles. The van der Waals surface area contributed by atoms with Crippen LogP contribution in [0.2, 0.25) is 0 Å². The monoisotopic (exact) mass is 954 g/mol. The zero-order valence-corrected chi connectivity index (χ0v) is 43.2. The average Bonchev–Trinajstić information content (AvgIpc) is 3.30. The topological polar surface area (TPSA) is 172 Å². The van der Waals surface area contributed by atoms with Crippen molar-refractivity contribution in [2.45, 2.75) is 270 Å². The summed E-state index contributed by atoms with van der Waals surface area (Å²) in [7, 11) is -4.73.